The van der Waals surface area contributed by atoms with Gasteiger partial charge in [0.05, 0.1) is 0 Å². The lowest BCUT2D eigenvalue weighted by atomic mass is 10.1. The van der Waals surface area contributed by atoms with Gasteiger partial charge in [0.2, 0.25) is 0 Å². The number of hydrogen-bond donors (Lipinski definition) is 1. The summed E-state index contributed by atoms with van der Waals surface area (Å²) in [6.07, 6.45) is 1.72. The summed E-state index contributed by atoms with van der Waals surface area (Å²) in [6.45, 7) is 8.57. The highest BCUT2D eigenvalue weighted by Crippen LogP contribution is 2.29. The molecule has 1 aromatic heterocycles. The molecule has 0 fully saturated rings. The Morgan fingerprint density at radius 3 is 2.67 bits per heavy atom. The molecule has 0 bridgehead atoms. The zero-order chi connectivity index (χ0) is 15.5. The van der Waals surface area contributed by atoms with E-state index in [0.717, 1.165) is 10.6 Å². The topological polar surface area (TPSA) is 37.8 Å². The van der Waals surface area contributed by atoms with Gasteiger partial charge >= 0.3 is 0 Å². The standard InChI is InChI=1S/C16H20FN3S/c1-11-8-9-18-15(20-11)21-14-7-5-6-13(17)12(14)10-19-16(2,3)4/h5-9,19H,10H2,1-4H3. The van der Waals surface area contributed by atoms with Crippen LogP contribution in [0.25, 0.3) is 0 Å². The van der Waals surface area contributed by atoms with E-state index in [1.54, 1.807) is 12.3 Å². The summed E-state index contributed by atoms with van der Waals surface area (Å²) >= 11 is 1.39. The fourth-order valence-corrected chi connectivity index (χ4v) is 2.67. The van der Waals surface area contributed by atoms with Gasteiger partial charge in [0.15, 0.2) is 5.16 Å². The van der Waals surface area contributed by atoms with Crippen molar-refractivity contribution in [2.45, 2.75) is 49.8 Å². The minimum absolute atomic E-state index is 0.0654. The molecule has 1 aromatic carbocycles. The average molecular weight is 305 g/mol. The molecule has 1 heterocycles. The van der Waals surface area contributed by atoms with Gasteiger partial charge in [0, 0.05) is 34.4 Å². The van der Waals surface area contributed by atoms with Gasteiger partial charge in [0.25, 0.3) is 0 Å². The smallest absolute Gasteiger partial charge is 0.192 e. The van der Waals surface area contributed by atoms with Gasteiger partial charge in [-0.05, 0) is 57.7 Å². The molecule has 0 atom stereocenters. The van der Waals surface area contributed by atoms with E-state index in [9.17, 15) is 4.39 Å². The number of aryl methyl sites for hydroxylation is 1. The molecule has 3 nitrogen and oxygen atoms in total. The summed E-state index contributed by atoms with van der Waals surface area (Å²) < 4.78 is 14.1. The van der Waals surface area contributed by atoms with Crippen molar-refractivity contribution < 1.29 is 4.39 Å². The van der Waals surface area contributed by atoms with Crippen LogP contribution in [0.15, 0.2) is 40.5 Å². The predicted molar refractivity (Wildman–Crippen MR) is 83.9 cm³/mol. The van der Waals surface area contributed by atoms with E-state index in [1.807, 2.05) is 19.1 Å². The van der Waals surface area contributed by atoms with Crippen LogP contribution in [0.5, 0.6) is 0 Å². The molecule has 2 rings (SSSR count). The van der Waals surface area contributed by atoms with Crippen LogP contribution in [0.1, 0.15) is 32.0 Å². The molecular weight excluding hydrogens is 285 g/mol. The van der Waals surface area contributed by atoms with Crippen molar-refractivity contribution in [3.63, 3.8) is 0 Å². The van der Waals surface area contributed by atoms with Gasteiger partial charge in [-0.15, -0.1) is 0 Å². The Morgan fingerprint density at radius 1 is 1.24 bits per heavy atom. The fraction of sp³-hybridized carbons (Fsp3) is 0.375. The molecule has 0 aliphatic rings. The Morgan fingerprint density at radius 2 is 2.00 bits per heavy atom. The number of rotatable bonds is 4. The molecule has 0 saturated heterocycles. The number of hydrogen-bond acceptors (Lipinski definition) is 4. The van der Waals surface area contributed by atoms with Crippen molar-refractivity contribution in [3.05, 3.63) is 47.5 Å². The van der Waals surface area contributed by atoms with E-state index in [4.69, 9.17) is 0 Å². The second kappa shape index (κ2) is 6.54. The minimum atomic E-state index is -0.204. The predicted octanol–water partition coefficient (Wildman–Crippen LogP) is 3.96. The Labute approximate surface area is 129 Å². The molecular formula is C16H20FN3S. The SMILES string of the molecule is Cc1ccnc(Sc2cccc(F)c2CNC(C)(C)C)n1. The lowest BCUT2D eigenvalue weighted by molar-refractivity contribution is 0.416. The number of nitrogens with zero attached hydrogens (tertiary/aromatic N) is 2. The third-order valence-corrected chi connectivity index (χ3v) is 3.83. The lowest BCUT2D eigenvalue weighted by Gasteiger charge is -2.21. The second-order valence-corrected chi connectivity index (χ2v) is 6.91. The summed E-state index contributed by atoms with van der Waals surface area (Å²) in [5.74, 6) is -0.204. The van der Waals surface area contributed by atoms with Gasteiger partial charge in [-0.25, -0.2) is 14.4 Å². The van der Waals surface area contributed by atoms with Crippen molar-refractivity contribution in [1.29, 1.82) is 0 Å². The highest BCUT2D eigenvalue weighted by atomic mass is 32.2. The molecule has 0 aliphatic carbocycles. The summed E-state index contributed by atoms with van der Waals surface area (Å²) in [7, 11) is 0. The van der Waals surface area contributed by atoms with Crippen molar-refractivity contribution in [2.75, 3.05) is 0 Å². The molecule has 0 spiro atoms. The first kappa shape index (κ1) is 15.9. The molecule has 0 amide bonds. The number of nitrogens with one attached hydrogen (secondary N) is 1. The van der Waals surface area contributed by atoms with E-state index in [2.05, 4.69) is 36.1 Å². The summed E-state index contributed by atoms with van der Waals surface area (Å²) in [4.78, 5) is 9.43. The molecule has 0 aliphatic heterocycles. The van der Waals surface area contributed by atoms with Crippen molar-refractivity contribution in [2.24, 2.45) is 0 Å². The van der Waals surface area contributed by atoms with E-state index in [-0.39, 0.29) is 11.4 Å². The zero-order valence-electron chi connectivity index (χ0n) is 12.8. The summed E-state index contributed by atoms with van der Waals surface area (Å²) in [5, 5.41) is 3.96. The first-order chi connectivity index (χ1) is 9.85. The maximum atomic E-state index is 14.1. The van der Waals surface area contributed by atoms with E-state index in [0.29, 0.717) is 17.3 Å². The maximum Gasteiger partial charge on any atom is 0.192 e. The van der Waals surface area contributed by atoms with Crippen LogP contribution in [-0.2, 0) is 6.54 Å². The Balaban J connectivity index is 2.25. The Bertz CT molecular complexity index is 623. The van der Waals surface area contributed by atoms with Crippen molar-refractivity contribution in [3.8, 4) is 0 Å². The molecule has 0 radical (unpaired) electrons. The highest BCUT2D eigenvalue weighted by molar-refractivity contribution is 7.99. The molecule has 1 N–H and O–H groups in total. The molecule has 5 heteroatoms. The first-order valence-corrected chi connectivity index (χ1v) is 7.67. The Hall–Kier alpha value is -1.46. The van der Waals surface area contributed by atoms with E-state index >= 15 is 0 Å². The largest absolute Gasteiger partial charge is 0.308 e. The van der Waals surface area contributed by atoms with Crippen LogP contribution < -0.4 is 5.32 Å². The molecule has 2 aromatic rings. The number of benzene rings is 1. The molecule has 112 valence electrons. The van der Waals surface area contributed by atoms with Gasteiger partial charge in [-0.3, -0.25) is 0 Å². The van der Waals surface area contributed by atoms with Crippen LogP contribution in [0.3, 0.4) is 0 Å². The maximum absolute atomic E-state index is 14.1. The van der Waals surface area contributed by atoms with E-state index in [1.165, 1.54) is 17.8 Å². The van der Waals surface area contributed by atoms with Gasteiger partial charge in [0.1, 0.15) is 5.82 Å². The normalized spacial score (nSPS) is 11.7. The van der Waals surface area contributed by atoms with Crippen molar-refractivity contribution in [1.82, 2.24) is 15.3 Å². The first-order valence-electron chi connectivity index (χ1n) is 6.85. The van der Waals surface area contributed by atoms with Gasteiger partial charge in [-0.1, -0.05) is 6.07 Å². The second-order valence-electron chi connectivity index (χ2n) is 5.90. The molecule has 21 heavy (non-hydrogen) atoms. The quantitative estimate of drug-likeness (QED) is 0.868. The van der Waals surface area contributed by atoms with Crippen LogP contribution in [-0.4, -0.2) is 15.5 Å². The average Bonchev–Trinajstić information content (AvgIpc) is 2.37. The minimum Gasteiger partial charge on any atom is -0.308 e. The van der Waals surface area contributed by atoms with Crippen LogP contribution in [0.2, 0.25) is 0 Å². The molecule has 0 saturated carbocycles. The van der Waals surface area contributed by atoms with Crippen LogP contribution in [0.4, 0.5) is 4.39 Å². The Kier molecular flexibility index (Phi) is 4.96. The third kappa shape index (κ3) is 4.79. The monoisotopic (exact) mass is 305 g/mol. The molecule has 0 unspecified atom stereocenters. The number of aromatic nitrogens is 2. The third-order valence-electron chi connectivity index (χ3n) is 2.85. The van der Waals surface area contributed by atoms with Gasteiger partial charge < -0.3 is 5.32 Å². The number of halogens is 1. The van der Waals surface area contributed by atoms with Crippen LogP contribution in [0, 0.1) is 12.7 Å². The van der Waals surface area contributed by atoms with E-state index < -0.39 is 0 Å². The van der Waals surface area contributed by atoms with Gasteiger partial charge in [-0.2, -0.15) is 0 Å². The fourth-order valence-electron chi connectivity index (χ4n) is 1.73. The summed E-state index contributed by atoms with van der Waals surface area (Å²) in [5.41, 5.74) is 1.49. The zero-order valence-corrected chi connectivity index (χ0v) is 13.6. The van der Waals surface area contributed by atoms with Crippen LogP contribution >= 0.6 is 11.8 Å². The summed E-state index contributed by atoms with van der Waals surface area (Å²) in [6, 6.07) is 6.95. The lowest BCUT2D eigenvalue weighted by Crippen LogP contribution is -2.35. The highest BCUT2D eigenvalue weighted by Gasteiger charge is 2.15. The van der Waals surface area contributed by atoms with Crippen molar-refractivity contribution >= 4 is 11.8 Å².